The standard InChI is InChI=1S/C26H28FNO4S/c1-5-10-19-13-18(15-23-25(29)28(17(4)6-2)26(30)33-23)14-22(31-7-3)24(19)32-16-20-11-8-9-12-21(20)27/h5,8-9,11-15,17H,1,6-7,10,16H2,2-4H3/b23-15+/t17-/m0/s1. The summed E-state index contributed by atoms with van der Waals surface area (Å²) in [4.78, 5) is 26.8. The van der Waals surface area contributed by atoms with Crippen molar-refractivity contribution in [2.75, 3.05) is 6.61 Å². The van der Waals surface area contributed by atoms with E-state index in [2.05, 4.69) is 6.58 Å². The first-order valence-electron chi connectivity index (χ1n) is 10.9. The fraction of sp³-hybridized carbons (Fsp3) is 0.308. The van der Waals surface area contributed by atoms with Crippen molar-refractivity contribution in [2.24, 2.45) is 0 Å². The smallest absolute Gasteiger partial charge is 0.293 e. The topological polar surface area (TPSA) is 55.8 Å². The molecule has 1 saturated heterocycles. The Hall–Kier alpha value is -3.06. The second-order valence-corrected chi connectivity index (χ2v) is 8.62. The Kier molecular flexibility index (Phi) is 8.33. The zero-order valence-corrected chi connectivity index (χ0v) is 19.9. The average molecular weight is 470 g/mol. The largest absolute Gasteiger partial charge is 0.490 e. The molecule has 7 heteroatoms. The van der Waals surface area contributed by atoms with Crippen molar-refractivity contribution in [1.82, 2.24) is 4.90 Å². The van der Waals surface area contributed by atoms with Crippen LogP contribution in [0.2, 0.25) is 0 Å². The highest BCUT2D eigenvalue weighted by molar-refractivity contribution is 8.18. The SMILES string of the molecule is C=CCc1cc(/C=C2/SC(=O)N([C@@H](C)CC)C2=O)cc(OCC)c1OCc1ccccc1F. The number of ether oxygens (including phenoxy) is 2. The van der Waals surface area contributed by atoms with Crippen molar-refractivity contribution in [3.8, 4) is 11.5 Å². The summed E-state index contributed by atoms with van der Waals surface area (Å²) >= 11 is 0.937. The monoisotopic (exact) mass is 469 g/mol. The molecule has 3 rings (SSSR count). The van der Waals surface area contributed by atoms with Crippen LogP contribution < -0.4 is 9.47 Å². The average Bonchev–Trinajstić information content (AvgIpc) is 3.07. The highest BCUT2D eigenvalue weighted by Crippen LogP contribution is 2.38. The van der Waals surface area contributed by atoms with Gasteiger partial charge in [0, 0.05) is 17.2 Å². The normalized spacial score (nSPS) is 15.8. The van der Waals surface area contributed by atoms with Crippen LogP contribution in [0.3, 0.4) is 0 Å². The molecule has 0 aliphatic carbocycles. The molecular formula is C26H28FNO4S. The number of allylic oxidation sites excluding steroid dienone is 1. The summed E-state index contributed by atoms with van der Waals surface area (Å²) in [5, 5.41) is -0.262. The molecule has 2 amide bonds. The number of rotatable bonds is 10. The molecular weight excluding hydrogens is 441 g/mol. The predicted octanol–water partition coefficient (Wildman–Crippen LogP) is 6.37. The highest BCUT2D eigenvalue weighted by atomic mass is 32.2. The molecule has 2 aromatic carbocycles. The van der Waals surface area contributed by atoms with Gasteiger partial charge in [-0.15, -0.1) is 6.58 Å². The van der Waals surface area contributed by atoms with Gasteiger partial charge < -0.3 is 9.47 Å². The first kappa shape index (κ1) is 24.6. The number of hydrogen-bond acceptors (Lipinski definition) is 5. The number of benzene rings is 2. The minimum atomic E-state index is -0.339. The van der Waals surface area contributed by atoms with Crippen LogP contribution in [0.15, 0.2) is 54.0 Å². The Balaban J connectivity index is 1.96. The van der Waals surface area contributed by atoms with Crippen LogP contribution in [0.5, 0.6) is 11.5 Å². The van der Waals surface area contributed by atoms with Gasteiger partial charge in [0.25, 0.3) is 11.1 Å². The van der Waals surface area contributed by atoms with Crippen LogP contribution in [-0.4, -0.2) is 28.7 Å². The summed E-state index contributed by atoms with van der Waals surface area (Å²) in [6.07, 6.45) is 4.62. The number of halogens is 1. The van der Waals surface area contributed by atoms with Crippen molar-refractivity contribution in [3.05, 3.63) is 76.5 Å². The number of amides is 2. The zero-order valence-electron chi connectivity index (χ0n) is 19.1. The number of imide groups is 1. The maximum Gasteiger partial charge on any atom is 0.293 e. The van der Waals surface area contributed by atoms with Gasteiger partial charge in [-0.3, -0.25) is 14.5 Å². The summed E-state index contributed by atoms with van der Waals surface area (Å²) in [6.45, 7) is 9.92. The Morgan fingerprint density at radius 3 is 2.58 bits per heavy atom. The van der Waals surface area contributed by atoms with Crippen molar-refractivity contribution < 1.29 is 23.5 Å². The molecule has 0 unspecified atom stereocenters. The van der Waals surface area contributed by atoms with E-state index >= 15 is 0 Å². The van der Waals surface area contributed by atoms with Crippen molar-refractivity contribution in [1.29, 1.82) is 0 Å². The van der Waals surface area contributed by atoms with E-state index in [1.165, 1.54) is 11.0 Å². The van der Waals surface area contributed by atoms with E-state index in [-0.39, 0.29) is 29.6 Å². The number of carbonyl (C=O) groups is 2. The molecule has 174 valence electrons. The van der Waals surface area contributed by atoms with Gasteiger partial charge in [0.05, 0.1) is 11.5 Å². The van der Waals surface area contributed by atoms with Gasteiger partial charge in [0.15, 0.2) is 11.5 Å². The lowest BCUT2D eigenvalue weighted by Crippen LogP contribution is -2.36. The predicted molar refractivity (Wildman–Crippen MR) is 130 cm³/mol. The molecule has 0 saturated carbocycles. The van der Waals surface area contributed by atoms with E-state index in [0.29, 0.717) is 47.0 Å². The van der Waals surface area contributed by atoms with Crippen LogP contribution in [-0.2, 0) is 17.8 Å². The third kappa shape index (κ3) is 5.66. The van der Waals surface area contributed by atoms with Crippen LogP contribution in [0.4, 0.5) is 9.18 Å². The summed E-state index contributed by atoms with van der Waals surface area (Å²) < 4.78 is 25.9. The molecule has 1 heterocycles. The van der Waals surface area contributed by atoms with Crippen LogP contribution in [0.1, 0.15) is 43.9 Å². The highest BCUT2D eigenvalue weighted by Gasteiger charge is 2.37. The Bertz CT molecular complexity index is 1080. The first-order chi connectivity index (χ1) is 15.9. The van der Waals surface area contributed by atoms with E-state index < -0.39 is 0 Å². The molecule has 1 atom stereocenters. The third-order valence-electron chi connectivity index (χ3n) is 5.30. The number of hydrogen-bond donors (Lipinski definition) is 0. The Morgan fingerprint density at radius 1 is 1.15 bits per heavy atom. The quantitative estimate of drug-likeness (QED) is 0.299. The molecule has 0 spiro atoms. The van der Waals surface area contributed by atoms with Gasteiger partial charge in [-0.25, -0.2) is 4.39 Å². The summed E-state index contributed by atoms with van der Waals surface area (Å²) in [6, 6.07) is 9.93. The zero-order chi connectivity index (χ0) is 24.0. The van der Waals surface area contributed by atoms with Crippen molar-refractivity contribution in [3.63, 3.8) is 0 Å². The molecule has 0 N–H and O–H groups in total. The maximum absolute atomic E-state index is 14.1. The molecule has 0 aromatic heterocycles. The lowest BCUT2D eigenvalue weighted by atomic mass is 10.0. The van der Waals surface area contributed by atoms with E-state index in [0.717, 1.165) is 17.3 Å². The second-order valence-electron chi connectivity index (χ2n) is 7.62. The van der Waals surface area contributed by atoms with Gasteiger partial charge in [-0.05, 0) is 68.3 Å². The van der Waals surface area contributed by atoms with Gasteiger partial charge in [-0.2, -0.15) is 0 Å². The van der Waals surface area contributed by atoms with Gasteiger partial charge in [0.1, 0.15) is 12.4 Å². The molecule has 33 heavy (non-hydrogen) atoms. The fourth-order valence-corrected chi connectivity index (χ4v) is 4.39. The molecule has 0 radical (unpaired) electrons. The molecule has 1 aliphatic heterocycles. The number of thioether (sulfide) groups is 1. The maximum atomic E-state index is 14.1. The Morgan fingerprint density at radius 2 is 1.91 bits per heavy atom. The minimum Gasteiger partial charge on any atom is -0.490 e. The summed E-state index contributed by atoms with van der Waals surface area (Å²) in [5.74, 6) is 0.363. The van der Waals surface area contributed by atoms with E-state index in [1.54, 1.807) is 36.4 Å². The molecule has 1 aliphatic rings. The van der Waals surface area contributed by atoms with Crippen molar-refractivity contribution >= 4 is 29.0 Å². The van der Waals surface area contributed by atoms with E-state index in [1.807, 2.05) is 26.8 Å². The number of nitrogens with zero attached hydrogens (tertiary/aromatic N) is 1. The minimum absolute atomic E-state index is 0.0457. The summed E-state index contributed by atoms with van der Waals surface area (Å²) in [5.41, 5.74) is 1.94. The van der Waals surface area contributed by atoms with Gasteiger partial charge in [-0.1, -0.05) is 31.2 Å². The molecule has 2 aromatic rings. The molecule has 1 fully saturated rings. The second kappa shape index (κ2) is 11.2. The van der Waals surface area contributed by atoms with Crippen molar-refractivity contribution in [2.45, 2.75) is 46.3 Å². The summed E-state index contributed by atoms with van der Waals surface area (Å²) in [7, 11) is 0. The lowest BCUT2D eigenvalue weighted by molar-refractivity contribution is -0.124. The first-order valence-corrected chi connectivity index (χ1v) is 11.7. The van der Waals surface area contributed by atoms with Crippen LogP contribution in [0.25, 0.3) is 6.08 Å². The third-order valence-corrected chi connectivity index (χ3v) is 6.18. The van der Waals surface area contributed by atoms with E-state index in [9.17, 15) is 14.0 Å². The fourth-order valence-electron chi connectivity index (χ4n) is 3.46. The van der Waals surface area contributed by atoms with Crippen LogP contribution >= 0.6 is 11.8 Å². The van der Waals surface area contributed by atoms with Gasteiger partial charge in [0.2, 0.25) is 0 Å². The number of carbonyl (C=O) groups excluding carboxylic acids is 2. The van der Waals surface area contributed by atoms with Crippen LogP contribution in [0, 0.1) is 5.82 Å². The molecule has 5 nitrogen and oxygen atoms in total. The van der Waals surface area contributed by atoms with E-state index in [4.69, 9.17) is 9.47 Å². The lowest BCUT2D eigenvalue weighted by Gasteiger charge is -2.19. The van der Waals surface area contributed by atoms with Gasteiger partial charge >= 0.3 is 0 Å². The molecule has 0 bridgehead atoms. The Labute approximate surface area is 198 Å².